The van der Waals surface area contributed by atoms with E-state index in [9.17, 15) is 0 Å². The molecule has 5 nitrogen and oxygen atoms in total. The van der Waals surface area contributed by atoms with Gasteiger partial charge < -0.3 is 16.1 Å². The molecule has 0 aliphatic heterocycles. The van der Waals surface area contributed by atoms with Crippen LogP contribution in [0.2, 0.25) is 0 Å². The van der Waals surface area contributed by atoms with E-state index in [0.717, 1.165) is 16.5 Å². The van der Waals surface area contributed by atoms with Crippen LogP contribution >= 0.6 is 0 Å². The van der Waals surface area contributed by atoms with E-state index in [1.807, 2.05) is 38.1 Å². The lowest BCUT2D eigenvalue weighted by atomic mass is 10.1. The van der Waals surface area contributed by atoms with Gasteiger partial charge in [0.15, 0.2) is 0 Å². The molecule has 0 radical (unpaired) electrons. The normalized spacial score (nSPS) is 10.9. The molecule has 17 heavy (non-hydrogen) atoms. The highest BCUT2D eigenvalue weighted by atomic mass is 16.3. The Morgan fingerprint density at radius 1 is 1.12 bits per heavy atom. The molecule has 5 heteroatoms. The molecule has 0 amide bonds. The lowest BCUT2D eigenvalue weighted by Gasteiger charge is -1.92. The summed E-state index contributed by atoms with van der Waals surface area (Å²) in [5.74, 6) is 10.8. The van der Waals surface area contributed by atoms with Crippen LogP contribution in [0.25, 0.3) is 11.0 Å². The third kappa shape index (κ3) is 2.84. The van der Waals surface area contributed by atoms with E-state index < -0.39 is 0 Å². The molecule has 90 valence electrons. The molecule has 0 aliphatic carbocycles. The molecular formula is C12H16N4O. The summed E-state index contributed by atoms with van der Waals surface area (Å²) in [6, 6.07) is 7.46. The second-order valence-corrected chi connectivity index (χ2v) is 2.96. The van der Waals surface area contributed by atoms with Gasteiger partial charge in [-0.2, -0.15) is 10.2 Å². The SMILES string of the molecule is CC.N/N=C\c1cc2c(/C=N\N)cccc2o1. The van der Waals surface area contributed by atoms with Gasteiger partial charge in [-0.15, -0.1) is 0 Å². The molecule has 2 rings (SSSR count). The first-order chi connectivity index (χ1) is 8.35. The lowest BCUT2D eigenvalue weighted by Crippen LogP contribution is -1.86. The monoisotopic (exact) mass is 232 g/mol. The summed E-state index contributed by atoms with van der Waals surface area (Å²) in [5, 5.41) is 7.82. The summed E-state index contributed by atoms with van der Waals surface area (Å²) in [6.45, 7) is 4.00. The van der Waals surface area contributed by atoms with Crippen molar-refractivity contribution >= 4 is 23.4 Å². The van der Waals surface area contributed by atoms with Crippen molar-refractivity contribution in [1.82, 2.24) is 0 Å². The van der Waals surface area contributed by atoms with Crippen LogP contribution < -0.4 is 11.7 Å². The Kier molecular flexibility index (Phi) is 4.75. The number of fused-ring (bicyclic) bond motifs is 1. The summed E-state index contributed by atoms with van der Waals surface area (Å²) in [5.41, 5.74) is 1.65. The minimum atomic E-state index is 0.602. The average Bonchev–Trinajstić information content (AvgIpc) is 2.76. The van der Waals surface area contributed by atoms with E-state index >= 15 is 0 Å². The van der Waals surface area contributed by atoms with Crippen LogP contribution in [-0.2, 0) is 0 Å². The fourth-order valence-corrected chi connectivity index (χ4v) is 1.43. The lowest BCUT2D eigenvalue weighted by molar-refractivity contribution is 0.607. The minimum Gasteiger partial charge on any atom is -0.455 e. The van der Waals surface area contributed by atoms with Crippen LogP contribution in [0.4, 0.5) is 0 Å². The van der Waals surface area contributed by atoms with Crippen LogP contribution in [0.1, 0.15) is 25.2 Å². The van der Waals surface area contributed by atoms with Gasteiger partial charge in [-0.3, -0.25) is 0 Å². The van der Waals surface area contributed by atoms with Crippen LogP contribution in [0.15, 0.2) is 38.9 Å². The molecule has 0 aliphatic rings. The van der Waals surface area contributed by atoms with Crippen LogP contribution in [0, 0.1) is 0 Å². The van der Waals surface area contributed by atoms with Crippen molar-refractivity contribution < 1.29 is 4.42 Å². The largest absolute Gasteiger partial charge is 0.455 e. The van der Waals surface area contributed by atoms with Crippen LogP contribution in [0.3, 0.4) is 0 Å². The van der Waals surface area contributed by atoms with Gasteiger partial charge >= 0.3 is 0 Å². The number of hydrogen-bond donors (Lipinski definition) is 2. The smallest absolute Gasteiger partial charge is 0.148 e. The van der Waals surface area contributed by atoms with E-state index in [0.29, 0.717) is 5.76 Å². The number of furan rings is 1. The standard InChI is InChI=1S/C10H10N4O.C2H6/c11-13-5-7-2-1-3-10-9(7)4-8(15-10)6-14-12;1-2/h1-6H,11-12H2;1-2H3/b13-5-,14-6-;. The molecule has 0 fully saturated rings. The number of hydrogen-bond acceptors (Lipinski definition) is 5. The second-order valence-electron chi connectivity index (χ2n) is 2.96. The van der Waals surface area contributed by atoms with Gasteiger partial charge in [0, 0.05) is 10.9 Å². The van der Waals surface area contributed by atoms with Gasteiger partial charge in [0.25, 0.3) is 0 Å². The van der Waals surface area contributed by atoms with E-state index in [2.05, 4.69) is 10.2 Å². The van der Waals surface area contributed by atoms with Gasteiger partial charge in [-0.25, -0.2) is 0 Å². The molecule has 0 saturated heterocycles. The van der Waals surface area contributed by atoms with Crippen molar-refractivity contribution in [3.05, 3.63) is 35.6 Å². The summed E-state index contributed by atoms with van der Waals surface area (Å²) in [6.07, 6.45) is 3.02. The van der Waals surface area contributed by atoms with E-state index in [1.165, 1.54) is 6.21 Å². The summed E-state index contributed by atoms with van der Waals surface area (Å²) < 4.78 is 5.46. The number of rotatable bonds is 2. The minimum absolute atomic E-state index is 0.602. The first-order valence-corrected chi connectivity index (χ1v) is 5.34. The molecule has 2 aromatic rings. The maximum atomic E-state index is 5.46. The Bertz CT molecular complexity index is 528. The summed E-state index contributed by atoms with van der Waals surface area (Å²) in [4.78, 5) is 0. The predicted octanol–water partition coefficient (Wildman–Crippen LogP) is 2.04. The van der Waals surface area contributed by atoms with Crippen molar-refractivity contribution in [2.75, 3.05) is 0 Å². The Morgan fingerprint density at radius 3 is 2.47 bits per heavy atom. The molecule has 1 heterocycles. The van der Waals surface area contributed by atoms with Crippen LogP contribution in [-0.4, -0.2) is 12.4 Å². The molecule has 0 bridgehead atoms. The summed E-state index contributed by atoms with van der Waals surface area (Å²) >= 11 is 0. The van der Waals surface area contributed by atoms with Gasteiger partial charge in [0.2, 0.25) is 0 Å². The average molecular weight is 232 g/mol. The number of nitrogens with zero attached hydrogens (tertiary/aromatic N) is 2. The quantitative estimate of drug-likeness (QED) is 0.471. The molecule has 0 saturated carbocycles. The first-order valence-electron chi connectivity index (χ1n) is 5.34. The highest BCUT2D eigenvalue weighted by Gasteiger charge is 2.04. The zero-order chi connectivity index (χ0) is 12.7. The number of benzene rings is 1. The second kappa shape index (κ2) is 6.32. The zero-order valence-electron chi connectivity index (χ0n) is 9.92. The first kappa shape index (κ1) is 12.8. The molecule has 1 aromatic heterocycles. The van der Waals surface area contributed by atoms with Gasteiger partial charge in [0.05, 0.1) is 12.4 Å². The zero-order valence-corrected chi connectivity index (χ0v) is 9.92. The fourth-order valence-electron chi connectivity index (χ4n) is 1.43. The Morgan fingerprint density at radius 2 is 1.82 bits per heavy atom. The molecule has 0 spiro atoms. The predicted molar refractivity (Wildman–Crippen MR) is 71.1 cm³/mol. The molecule has 1 aromatic carbocycles. The van der Waals surface area contributed by atoms with Crippen molar-refractivity contribution in [2.45, 2.75) is 13.8 Å². The number of nitrogens with two attached hydrogens (primary N) is 2. The fraction of sp³-hybridized carbons (Fsp3) is 0.167. The van der Waals surface area contributed by atoms with Gasteiger partial charge in [-0.1, -0.05) is 26.0 Å². The third-order valence-electron chi connectivity index (χ3n) is 2.03. The van der Waals surface area contributed by atoms with Crippen molar-refractivity contribution in [3.63, 3.8) is 0 Å². The van der Waals surface area contributed by atoms with Gasteiger partial charge in [-0.05, 0) is 12.1 Å². The Balaban J connectivity index is 0.000000686. The Hall–Kier alpha value is -2.30. The Labute approximate surface area is 99.8 Å². The van der Waals surface area contributed by atoms with E-state index in [1.54, 1.807) is 6.21 Å². The highest BCUT2D eigenvalue weighted by Crippen LogP contribution is 2.21. The molecule has 0 unspecified atom stereocenters. The molecule has 0 atom stereocenters. The summed E-state index contributed by atoms with van der Waals surface area (Å²) in [7, 11) is 0. The third-order valence-corrected chi connectivity index (χ3v) is 2.03. The topological polar surface area (TPSA) is 89.9 Å². The van der Waals surface area contributed by atoms with Gasteiger partial charge in [0.1, 0.15) is 11.3 Å². The van der Waals surface area contributed by atoms with Crippen LogP contribution in [0.5, 0.6) is 0 Å². The van der Waals surface area contributed by atoms with E-state index in [4.69, 9.17) is 16.1 Å². The molecule has 4 N–H and O–H groups in total. The van der Waals surface area contributed by atoms with E-state index in [-0.39, 0.29) is 0 Å². The highest BCUT2D eigenvalue weighted by molar-refractivity contribution is 5.99. The number of hydrazone groups is 2. The van der Waals surface area contributed by atoms with Crippen molar-refractivity contribution in [3.8, 4) is 0 Å². The maximum absolute atomic E-state index is 5.46. The van der Waals surface area contributed by atoms with Crippen molar-refractivity contribution in [2.24, 2.45) is 21.9 Å². The maximum Gasteiger partial charge on any atom is 0.148 e. The van der Waals surface area contributed by atoms with Crippen molar-refractivity contribution in [1.29, 1.82) is 0 Å². The molecular weight excluding hydrogens is 216 g/mol.